The molecule has 0 spiro atoms. The molecule has 0 unspecified atom stereocenters. The van der Waals surface area contributed by atoms with Crippen LogP contribution in [-0.4, -0.2) is 0 Å². The van der Waals surface area contributed by atoms with Gasteiger partial charge in [0.05, 0.1) is 0 Å². The number of hydrogen-bond acceptors (Lipinski definition) is 0. The van der Waals surface area contributed by atoms with Crippen LogP contribution in [0.4, 0.5) is 0 Å². The fraction of sp³-hybridized carbons (Fsp3) is 0.256. The Morgan fingerprint density at radius 3 is 1.30 bits per heavy atom. The quantitative estimate of drug-likeness (QED) is 0.108. The fourth-order valence-electron chi connectivity index (χ4n) is 6.89. The van der Waals surface area contributed by atoms with Crippen LogP contribution in [0.1, 0.15) is 88.5 Å². The average Bonchev–Trinajstić information content (AvgIpc) is 3.63. The average molecular weight is 743 g/mol. The summed E-state index contributed by atoms with van der Waals surface area (Å²) in [5, 5.41) is 5.39. The van der Waals surface area contributed by atoms with E-state index in [1.807, 2.05) is 0 Å². The monoisotopic (exact) mass is 744 g/mol. The molecule has 1 heteroatoms. The van der Waals surface area contributed by atoms with Gasteiger partial charge in [0, 0.05) is 0 Å². The second kappa shape index (κ2) is 14.4. The molecule has 6 rings (SSSR count). The zero-order valence-corrected chi connectivity index (χ0v) is 31.6. The van der Waals surface area contributed by atoms with Gasteiger partial charge < -0.3 is 14.9 Å². The number of rotatable bonds is 8. The van der Waals surface area contributed by atoms with Crippen molar-refractivity contribution in [3.05, 3.63) is 146 Å². The van der Waals surface area contributed by atoms with Crippen molar-refractivity contribution >= 4 is 21.5 Å². The first-order valence-electron chi connectivity index (χ1n) is 15.4. The van der Waals surface area contributed by atoms with Crippen LogP contribution < -0.4 is 0 Å². The Hall–Kier alpha value is -3.03. The first-order valence-corrected chi connectivity index (χ1v) is 15.4. The predicted octanol–water partition coefficient (Wildman–Crippen LogP) is 13.0. The maximum Gasteiger partial charge on any atom is 4.00 e. The van der Waals surface area contributed by atoms with Crippen molar-refractivity contribution in [3.8, 4) is 22.3 Å². The van der Waals surface area contributed by atoms with Gasteiger partial charge in [-0.2, -0.15) is 12.1 Å². The molecule has 0 fully saturated rings. The minimum Gasteiger partial charge on any atom is -0.358 e. The summed E-state index contributed by atoms with van der Waals surface area (Å²) in [7, 11) is 0. The van der Waals surface area contributed by atoms with Gasteiger partial charge in [0.1, 0.15) is 0 Å². The molecule has 0 heterocycles. The molecule has 6 aromatic carbocycles. The molecule has 0 saturated heterocycles. The third-order valence-electron chi connectivity index (χ3n) is 9.54. The minimum atomic E-state index is -0.0356. The van der Waals surface area contributed by atoms with Gasteiger partial charge >= 0.3 is 25.8 Å². The van der Waals surface area contributed by atoms with Crippen molar-refractivity contribution in [1.82, 2.24) is 0 Å². The maximum atomic E-state index is 2.49. The van der Waals surface area contributed by atoms with E-state index in [9.17, 15) is 0 Å². The summed E-state index contributed by atoms with van der Waals surface area (Å²) in [4.78, 5) is 0. The zero-order chi connectivity index (χ0) is 28.7. The standard InChI is InChI=1S/C41H42.2CH3.Hf/c1-7-41(8-2,35-23-33-17-11-19-37(39(33)25-35)31-15-9-13-29(21-31)27(3)4)36-24-34-18-12-20-38(40(34)26-36)32-16-10-14-30(22-32)28(5)6;;;/h9-28H,7-8H2,1-6H3;2*1H3;/q-2;2*-1;+4. The Labute approximate surface area is 286 Å². The van der Waals surface area contributed by atoms with Crippen LogP contribution in [0.3, 0.4) is 0 Å². The number of fused-ring (bicyclic) bond motifs is 2. The van der Waals surface area contributed by atoms with Crippen LogP contribution in [-0.2, 0) is 31.3 Å². The number of benzene rings is 4. The first kappa shape index (κ1) is 35.4. The minimum absolute atomic E-state index is 0. The van der Waals surface area contributed by atoms with Crippen LogP contribution in [0.15, 0.2) is 109 Å². The van der Waals surface area contributed by atoms with Crippen LogP contribution in [0.25, 0.3) is 43.8 Å². The van der Waals surface area contributed by atoms with Crippen molar-refractivity contribution < 1.29 is 25.8 Å². The molecule has 0 nitrogen and oxygen atoms in total. The van der Waals surface area contributed by atoms with Crippen LogP contribution in [0, 0.1) is 14.9 Å². The van der Waals surface area contributed by atoms with E-state index in [1.54, 1.807) is 0 Å². The van der Waals surface area contributed by atoms with Gasteiger partial charge in [-0.25, -0.2) is 0 Å². The zero-order valence-electron chi connectivity index (χ0n) is 28.0. The molecular weight excluding hydrogens is 695 g/mol. The second-order valence-electron chi connectivity index (χ2n) is 12.5. The topological polar surface area (TPSA) is 0 Å². The summed E-state index contributed by atoms with van der Waals surface area (Å²) in [5.41, 5.74) is 10.9. The van der Waals surface area contributed by atoms with Gasteiger partial charge in [0.15, 0.2) is 0 Å². The molecule has 0 aliphatic carbocycles. The molecular formula is C43H48Hf. The Morgan fingerprint density at radius 1 is 0.545 bits per heavy atom. The van der Waals surface area contributed by atoms with E-state index in [0.29, 0.717) is 11.8 Å². The van der Waals surface area contributed by atoms with Crippen molar-refractivity contribution in [2.75, 3.05) is 0 Å². The SMILES string of the molecule is CCC(CC)(c1cc2c(-c3cccc(C(C)C)c3)cccc2[cH-]1)c1cc2c(-c3cccc(C(C)C)c3)cccc2[cH-]1.[CH3-].[CH3-].[Hf+4]. The van der Waals surface area contributed by atoms with Crippen LogP contribution in [0.5, 0.6) is 0 Å². The summed E-state index contributed by atoms with van der Waals surface area (Å²) in [6.45, 7) is 13.8. The van der Waals surface area contributed by atoms with Crippen LogP contribution >= 0.6 is 0 Å². The summed E-state index contributed by atoms with van der Waals surface area (Å²) in [6, 6.07) is 41.7. The molecule has 0 saturated carbocycles. The Kier molecular flexibility index (Phi) is 11.6. The third-order valence-corrected chi connectivity index (χ3v) is 9.54. The molecule has 0 aliphatic rings. The largest absolute Gasteiger partial charge is 4.00 e. The molecule has 224 valence electrons. The van der Waals surface area contributed by atoms with E-state index in [-0.39, 0.29) is 46.1 Å². The van der Waals surface area contributed by atoms with E-state index >= 15 is 0 Å². The van der Waals surface area contributed by atoms with Gasteiger partial charge in [-0.3, -0.25) is 0 Å². The van der Waals surface area contributed by atoms with Gasteiger partial charge in [0.2, 0.25) is 0 Å². The Balaban J connectivity index is 0.00000176. The summed E-state index contributed by atoms with van der Waals surface area (Å²) < 4.78 is 0. The van der Waals surface area contributed by atoms with E-state index in [2.05, 4.69) is 151 Å². The molecule has 0 bridgehead atoms. The summed E-state index contributed by atoms with van der Waals surface area (Å²) in [6.07, 6.45) is 2.12. The van der Waals surface area contributed by atoms with E-state index in [4.69, 9.17) is 0 Å². The Bertz CT molecular complexity index is 1690. The van der Waals surface area contributed by atoms with E-state index < -0.39 is 0 Å². The van der Waals surface area contributed by atoms with Crippen molar-refractivity contribution in [1.29, 1.82) is 0 Å². The molecule has 0 radical (unpaired) electrons. The smallest absolute Gasteiger partial charge is 0.358 e. The van der Waals surface area contributed by atoms with Gasteiger partial charge in [-0.1, -0.05) is 113 Å². The molecule has 0 amide bonds. The fourth-order valence-corrected chi connectivity index (χ4v) is 6.89. The number of hydrogen-bond donors (Lipinski definition) is 0. The predicted molar refractivity (Wildman–Crippen MR) is 192 cm³/mol. The van der Waals surface area contributed by atoms with Gasteiger partial charge in [-0.15, -0.1) is 69.1 Å². The normalized spacial score (nSPS) is 11.5. The van der Waals surface area contributed by atoms with E-state index in [0.717, 1.165) is 12.8 Å². The first-order chi connectivity index (χ1) is 19.8. The van der Waals surface area contributed by atoms with E-state index in [1.165, 1.54) is 66.1 Å². The van der Waals surface area contributed by atoms with Crippen molar-refractivity contribution in [2.24, 2.45) is 0 Å². The molecule has 0 aromatic heterocycles. The molecule has 0 atom stereocenters. The third kappa shape index (κ3) is 6.23. The second-order valence-corrected chi connectivity index (χ2v) is 12.5. The van der Waals surface area contributed by atoms with Crippen molar-refractivity contribution in [2.45, 2.75) is 71.6 Å². The summed E-state index contributed by atoms with van der Waals surface area (Å²) in [5.74, 6) is 1.03. The molecule has 0 N–H and O–H groups in total. The molecule has 6 aromatic rings. The van der Waals surface area contributed by atoms with Gasteiger partial charge in [-0.05, 0) is 52.3 Å². The van der Waals surface area contributed by atoms with Gasteiger partial charge in [0.25, 0.3) is 0 Å². The molecule has 0 aliphatic heterocycles. The Morgan fingerprint density at radius 2 is 0.932 bits per heavy atom. The maximum absolute atomic E-state index is 2.49. The molecule has 44 heavy (non-hydrogen) atoms. The van der Waals surface area contributed by atoms with Crippen LogP contribution in [0.2, 0.25) is 0 Å². The van der Waals surface area contributed by atoms with Crippen molar-refractivity contribution in [3.63, 3.8) is 0 Å². The summed E-state index contributed by atoms with van der Waals surface area (Å²) >= 11 is 0.